The van der Waals surface area contributed by atoms with Crippen LogP contribution in [-0.2, 0) is 20.0 Å². The first-order chi connectivity index (χ1) is 12.3. The van der Waals surface area contributed by atoms with E-state index in [0.29, 0.717) is 12.1 Å². The van der Waals surface area contributed by atoms with Crippen LogP contribution in [0.1, 0.15) is 23.1 Å². The van der Waals surface area contributed by atoms with E-state index in [2.05, 4.69) is 40.3 Å². The van der Waals surface area contributed by atoms with Crippen LogP contribution >= 0.6 is 0 Å². The topological polar surface area (TPSA) is 8.17 Å². The third-order valence-electron chi connectivity index (χ3n) is 5.02. The van der Waals surface area contributed by atoms with Crippen LogP contribution in [0.3, 0.4) is 0 Å². The minimum atomic E-state index is -4.13. The summed E-state index contributed by atoms with van der Waals surface area (Å²) >= 11 is 0. The van der Waals surface area contributed by atoms with Gasteiger partial charge in [0, 0.05) is 54.1 Å². The van der Waals surface area contributed by atoms with Gasteiger partial charge >= 0.3 is 6.18 Å². The van der Waals surface area contributed by atoms with E-state index in [1.807, 2.05) is 25.4 Å². The molecule has 0 amide bonds. The molecule has 0 fully saturated rings. The van der Waals surface area contributed by atoms with E-state index in [0.717, 1.165) is 33.4 Å². The number of aryl methyl sites for hydroxylation is 2. The van der Waals surface area contributed by atoms with Gasteiger partial charge in [-0.25, -0.2) is 0 Å². The molecule has 1 aromatic heterocycles. The molecule has 2 nitrogen and oxygen atoms in total. The minimum absolute atomic E-state index is 0.0000343. The molecule has 5 heteroatoms. The van der Waals surface area contributed by atoms with E-state index in [1.54, 1.807) is 6.07 Å². The third-order valence-corrected chi connectivity index (χ3v) is 5.02. The lowest BCUT2D eigenvalue weighted by Crippen LogP contribution is -2.12. The average molecular weight is 356 g/mol. The van der Waals surface area contributed by atoms with Gasteiger partial charge in [0.1, 0.15) is 0 Å². The van der Waals surface area contributed by atoms with Crippen molar-refractivity contribution >= 4 is 22.3 Å². The molecule has 2 heterocycles. The van der Waals surface area contributed by atoms with Gasteiger partial charge in [0.15, 0.2) is 0 Å². The van der Waals surface area contributed by atoms with Crippen LogP contribution in [0.25, 0.3) is 16.6 Å². The lowest BCUT2D eigenvalue weighted by Gasteiger charge is -2.20. The zero-order chi connectivity index (χ0) is 18.5. The molecular formula is C21H19F3N2. The van der Waals surface area contributed by atoms with E-state index in [9.17, 15) is 13.2 Å². The van der Waals surface area contributed by atoms with Gasteiger partial charge in [-0.3, -0.25) is 0 Å². The molecule has 0 aliphatic carbocycles. The maximum absolute atomic E-state index is 12.5. The Morgan fingerprint density at radius 2 is 1.88 bits per heavy atom. The number of benzene rings is 2. The second-order valence-electron chi connectivity index (χ2n) is 6.81. The maximum Gasteiger partial charge on any atom is 0.389 e. The molecule has 0 atom stereocenters. The van der Waals surface area contributed by atoms with Crippen molar-refractivity contribution in [2.24, 2.45) is 7.05 Å². The van der Waals surface area contributed by atoms with E-state index < -0.39 is 12.6 Å². The molecule has 134 valence electrons. The number of aromatic nitrogens is 1. The van der Waals surface area contributed by atoms with Crippen molar-refractivity contribution in [3.8, 4) is 0 Å². The highest BCUT2D eigenvalue weighted by molar-refractivity contribution is 5.89. The monoisotopic (exact) mass is 356 g/mol. The van der Waals surface area contributed by atoms with Crippen molar-refractivity contribution in [2.75, 3.05) is 4.90 Å². The Balaban J connectivity index is 1.60. The van der Waals surface area contributed by atoms with E-state index in [4.69, 9.17) is 0 Å². The normalized spacial score (nSPS) is 14.3. The van der Waals surface area contributed by atoms with Crippen LogP contribution in [0.5, 0.6) is 0 Å². The molecule has 0 saturated carbocycles. The number of hydrogen-bond donors (Lipinski definition) is 0. The fourth-order valence-corrected chi connectivity index (χ4v) is 3.57. The molecule has 1 aliphatic heterocycles. The number of anilines is 1. The third kappa shape index (κ3) is 2.98. The van der Waals surface area contributed by atoms with Gasteiger partial charge in [0.2, 0.25) is 0 Å². The van der Waals surface area contributed by atoms with E-state index >= 15 is 0 Å². The van der Waals surface area contributed by atoms with Crippen LogP contribution < -0.4 is 4.90 Å². The number of alkyl halides is 3. The van der Waals surface area contributed by atoms with Crippen molar-refractivity contribution in [3.63, 3.8) is 0 Å². The van der Waals surface area contributed by atoms with Gasteiger partial charge in [-0.1, -0.05) is 18.7 Å². The predicted molar refractivity (Wildman–Crippen MR) is 99.0 cm³/mol. The Hall–Kier alpha value is -2.69. The number of rotatable bonds is 3. The standard InChI is InChI=1S/C21H19F3N2/c1-14-19-11-15(7-9-21(22,23)24)3-4-17(19)13-26(14)18-5-6-20-16(12-18)8-10-25(20)2/h3-6,8,10-12H,1,7,9,13H2,2H3. The molecule has 2 aromatic carbocycles. The second kappa shape index (κ2) is 5.94. The summed E-state index contributed by atoms with van der Waals surface area (Å²) in [6, 6.07) is 13.9. The summed E-state index contributed by atoms with van der Waals surface area (Å²) in [6.07, 6.45) is -2.91. The fraction of sp³-hybridized carbons (Fsp3) is 0.238. The molecule has 26 heavy (non-hydrogen) atoms. The summed E-state index contributed by atoms with van der Waals surface area (Å²) in [5, 5.41) is 1.15. The maximum atomic E-state index is 12.5. The summed E-state index contributed by atoms with van der Waals surface area (Å²) in [5.41, 5.74) is 5.77. The smallest absolute Gasteiger partial charge is 0.351 e. The summed E-state index contributed by atoms with van der Waals surface area (Å²) < 4.78 is 39.5. The van der Waals surface area contributed by atoms with Crippen LogP contribution in [0.2, 0.25) is 0 Å². The van der Waals surface area contributed by atoms with E-state index in [-0.39, 0.29) is 6.42 Å². The number of fused-ring (bicyclic) bond motifs is 2. The molecule has 0 bridgehead atoms. The average Bonchev–Trinajstić information content (AvgIpc) is 3.13. The lowest BCUT2D eigenvalue weighted by atomic mass is 10.0. The molecule has 0 N–H and O–H groups in total. The number of nitrogens with zero attached hydrogens (tertiary/aromatic N) is 2. The largest absolute Gasteiger partial charge is 0.389 e. The van der Waals surface area contributed by atoms with Crippen molar-refractivity contribution < 1.29 is 13.2 Å². The van der Waals surface area contributed by atoms with Gasteiger partial charge in [0.25, 0.3) is 0 Å². The molecule has 1 aliphatic rings. The first-order valence-electron chi connectivity index (χ1n) is 8.52. The van der Waals surface area contributed by atoms with Crippen LogP contribution in [0, 0.1) is 0 Å². The van der Waals surface area contributed by atoms with Gasteiger partial charge < -0.3 is 9.47 Å². The Kier molecular flexibility index (Phi) is 3.83. The highest BCUT2D eigenvalue weighted by Crippen LogP contribution is 2.37. The summed E-state index contributed by atoms with van der Waals surface area (Å²) in [6.45, 7) is 4.87. The fourth-order valence-electron chi connectivity index (χ4n) is 3.57. The van der Waals surface area contributed by atoms with Gasteiger partial charge in [-0.05, 0) is 47.9 Å². The lowest BCUT2D eigenvalue weighted by molar-refractivity contribution is -0.133. The highest BCUT2D eigenvalue weighted by atomic mass is 19.4. The Labute approximate surface area is 150 Å². The Morgan fingerprint density at radius 3 is 2.65 bits per heavy atom. The first-order valence-corrected chi connectivity index (χ1v) is 8.52. The number of halogens is 3. The molecule has 0 spiro atoms. The van der Waals surface area contributed by atoms with E-state index in [1.165, 1.54) is 0 Å². The van der Waals surface area contributed by atoms with Crippen molar-refractivity contribution in [2.45, 2.75) is 25.6 Å². The molecule has 0 radical (unpaired) electrons. The zero-order valence-electron chi connectivity index (χ0n) is 14.5. The van der Waals surface area contributed by atoms with Crippen LogP contribution in [0.15, 0.2) is 55.2 Å². The minimum Gasteiger partial charge on any atom is -0.351 e. The van der Waals surface area contributed by atoms with Gasteiger partial charge in [0.05, 0.1) is 0 Å². The summed E-state index contributed by atoms with van der Waals surface area (Å²) in [5.74, 6) is 0. The van der Waals surface area contributed by atoms with Crippen molar-refractivity contribution in [3.05, 3.63) is 71.9 Å². The van der Waals surface area contributed by atoms with Crippen LogP contribution in [-0.4, -0.2) is 10.7 Å². The summed E-state index contributed by atoms with van der Waals surface area (Å²) in [4.78, 5) is 2.12. The second-order valence-corrected chi connectivity index (χ2v) is 6.81. The highest BCUT2D eigenvalue weighted by Gasteiger charge is 2.28. The number of hydrogen-bond acceptors (Lipinski definition) is 1. The summed E-state index contributed by atoms with van der Waals surface area (Å²) in [7, 11) is 2.01. The SMILES string of the molecule is C=C1c2cc(CCC(F)(F)F)ccc2CN1c1ccc2c(ccn2C)c1. The quantitative estimate of drug-likeness (QED) is 0.587. The Bertz CT molecular complexity index is 998. The zero-order valence-corrected chi connectivity index (χ0v) is 14.5. The van der Waals surface area contributed by atoms with Crippen LogP contribution in [0.4, 0.5) is 18.9 Å². The predicted octanol–water partition coefficient (Wildman–Crippen LogP) is 5.66. The van der Waals surface area contributed by atoms with Gasteiger partial charge in [-0.2, -0.15) is 13.2 Å². The first kappa shape index (κ1) is 16.8. The molecule has 4 rings (SSSR count). The molecular weight excluding hydrogens is 337 g/mol. The molecule has 0 saturated heterocycles. The van der Waals surface area contributed by atoms with Crippen molar-refractivity contribution in [1.82, 2.24) is 4.57 Å². The van der Waals surface area contributed by atoms with Gasteiger partial charge in [-0.15, -0.1) is 0 Å². The molecule has 0 unspecified atom stereocenters. The Morgan fingerprint density at radius 1 is 1.08 bits per heavy atom. The molecule has 3 aromatic rings. The van der Waals surface area contributed by atoms with Crippen molar-refractivity contribution in [1.29, 1.82) is 0 Å².